The van der Waals surface area contributed by atoms with Gasteiger partial charge in [-0.25, -0.2) is 0 Å². The van der Waals surface area contributed by atoms with Crippen molar-refractivity contribution in [1.29, 1.82) is 0 Å². The number of hydrogen-bond donors (Lipinski definition) is 1. The van der Waals surface area contributed by atoms with E-state index in [0.29, 0.717) is 17.1 Å². The number of nitroso groups, excluding NO2 is 1. The third-order valence-electron chi connectivity index (χ3n) is 7.22. The number of nitrogens with one attached hydrogen (secondary N) is 1. The first kappa shape index (κ1) is 15.3. The Morgan fingerprint density at radius 2 is 1.80 bits per heavy atom. The van der Waals surface area contributed by atoms with Crippen molar-refractivity contribution in [2.75, 3.05) is 5.32 Å². The molecule has 2 aromatic rings. The van der Waals surface area contributed by atoms with Crippen molar-refractivity contribution in [2.45, 2.75) is 51.5 Å². The second-order valence-electron chi connectivity index (χ2n) is 8.77. The summed E-state index contributed by atoms with van der Waals surface area (Å²) >= 11 is 0. The number of benzene rings is 1. The number of hydrogen-bond acceptors (Lipinski definition) is 4. The van der Waals surface area contributed by atoms with E-state index in [-0.39, 0.29) is 0 Å². The Bertz CT molecular complexity index is 796. The van der Waals surface area contributed by atoms with Crippen molar-refractivity contribution >= 4 is 22.3 Å². The predicted molar refractivity (Wildman–Crippen MR) is 101 cm³/mol. The highest BCUT2D eigenvalue weighted by Crippen LogP contribution is 2.61. The van der Waals surface area contributed by atoms with Gasteiger partial charge in [0.25, 0.3) is 0 Å². The number of fused-ring (bicyclic) bond motifs is 1. The van der Waals surface area contributed by atoms with Crippen LogP contribution in [0, 0.1) is 28.1 Å². The average Bonchev–Trinajstić information content (AvgIpc) is 2.61. The molecule has 1 aromatic carbocycles. The first-order valence-corrected chi connectivity index (χ1v) is 9.64. The summed E-state index contributed by atoms with van der Waals surface area (Å²) < 4.78 is 0. The third-order valence-corrected chi connectivity index (χ3v) is 7.22. The van der Waals surface area contributed by atoms with Crippen LogP contribution in [0.4, 0.5) is 11.4 Å². The van der Waals surface area contributed by atoms with Gasteiger partial charge in [0.2, 0.25) is 0 Å². The summed E-state index contributed by atoms with van der Waals surface area (Å²) in [5.41, 5.74) is 2.80. The lowest BCUT2D eigenvalue weighted by Crippen LogP contribution is -2.52. The molecule has 0 saturated heterocycles. The van der Waals surface area contributed by atoms with Crippen molar-refractivity contribution in [3.63, 3.8) is 0 Å². The molecule has 1 unspecified atom stereocenters. The van der Waals surface area contributed by atoms with Crippen molar-refractivity contribution < 1.29 is 0 Å². The van der Waals surface area contributed by atoms with Crippen molar-refractivity contribution in [3.8, 4) is 0 Å². The van der Waals surface area contributed by atoms with Gasteiger partial charge < -0.3 is 5.32 Å². The van der Waals surface area contributed by atoms with Crippen LogP contribution in [-0.4, -0.2) is 11.0 Å². The van der Waals surface area contributed by atoms with Gasteiger partial charge in [0.05, 0.1) is 11.2 Å². The molecule has 0 radical (unpaired) electrons. The molecule has 25 heavy (non-hydrogen) atoms. The maximum absolute atomic E-state index is 11.1. The highest BCUT2D eigenvalue weighted by molar-refractivity contribution is 5.98. The summed E-state index contributed by atoms with van der Waals surface area (Å²) in [7, 11) is 0. The molecule has 0 spiro atoms. The lowest BCUT2D eigenvalue weighted by Gasteiger charge is -2.59. The SMILES string of the molecule is CC(Nc1ccc(N=O)c2cccnc12)C12CC3CC(CC(C3)C1)C2. The second kappa shape index (κ2) is 5.52. The van der Waals surface area contributed by atoms with Crippen molar-refractivity contribution in [2.24, 2.45) is 28.3 Å². The maximum Gasteiger partial charge on any atom is 0.117 e. The fraction of sp³-hybridized carbons (Fsp3) is 0.571. The van der Waals surface area contributed by atoms with Crippen LogP contribution in [0.2, 0.25) is 0 Å². The maximum atomic E-state index is 11.1. The Balaban J connectivity index is 1.48. The zero-order chi connectivity index (χ0) is 17.0. The summed E-state index contributed by atoms with van der Waals surface area (Å²) in [6.45, 7) is 2.35. The summed E-state index contributed by atoms with van der Waals surface area (Å²) in [6, 6.07) is 8.01. The highest BCUT2D eigenvalue weighted by atomic mass is 16.3. The molecule has 4 bridgehead atoms. The van der Waals surface area contributed by atoms with Crippen LogP contribution in [0.15, 0.2) is 35.6 Å². The largest absolute Gasteiger partial charge is 0.380 e. The van der Waals surface area contributed by atoms with Crippen molar-refractivity contribution in [3.05, 3.63) is 35.4 Å². The van der Waals surface area contributed by atoms with Crippen LogP contribution in [0.3, 0.4) is 0 Å². The molecule has 6 rings (SSSR count). The fourth-order valence-electron chi connectivity index (χ4n) is 6.45. The summed E-state index contributed by atoms with van der Waals surface area (Å²) in [4.78, 5) is 15.6. The molecular weight excluding hydrogens is 310 g/mol. The van der Waals surface area contributed by atoms with E-state index in [1.807, 2.05) is 24.3 Å². The van der Waals surface area contributed by atoms with E-state index < -0.39 is 0 Å². The quantitative estimate of drug-likeness (QED) is 0.735. The Morgan fingerprint density at radius 1 is 1.12 bits per heavy atom. The molecule has 1 aromatic heterocycles. The highest BCUT2D eigenvalue weighted by Gasteiger charge is 2.53. The van der Waals surface area contributed by atoms with E-state index in [1.54, 1.807) is 6.20 Å². The fourth-order valence-corrected chi connectivity index (χ4v) is 6.45. The van der Waals surface area contributed by atoms with Gasteiger partial charge in [-0.3, -0.25) is 4.98 Å². The van der Waals surface area contributed by atoms with Gasteiger partial charge in [-0.2, -0.15) is 0 Å². The average molecular weight is 335 g/mol. The molecule has 4 saturated carbocycles. The lowest BCUT2D eigenvalue weighted by atomic mass is 9.48. The standard InChI is InChI=1S/C21H25N3O/c1-13(21-10-14-7-15(11-21)9-16(8-14)12-21)23-19-5-4-18(24-25)17-3-2-6-22-20(17)19/h2-6,13-16,23H,7-12H2,1H3. The summed E-state index contributed by atoms with van der Waals surface area (Å²) in [5.74, 6) is 2.85. The second-order valence-corrected chi connectivity index (χ2v) is 8.77. The van der Waals surface area contributed by atoms with Crippen LogP contribution in [0.1, 0.15) is 45.4 Å². The van der Waals surface area contributed by atoms with E-state index in [1.165, 1.54) is 38.5 Å². The molecule has 4 fully saturated rings. The molecule has 4 aliphatic carbocycles. The van der Waals surface area contributed by atoms with E-state index in [2.05, 4.69) is 22.4 Å². The summed E-state index contributed by atoms with van der Waals surface area (Å²) in [6.07, 6.45) is 10.3. The van der Waals surface area contributed by atoms with Crippen LogP contribution in [-0.2, 0) is 0 Å². The smallest absolute Gasteiger partial charge is 0.117 e. The molecule has 1 atom stereocenters. The molecule has 1 N–H and O–H groups in total. The minimum absolute atomic E-state index is 0.432. The molecule has 0 amide bonds. The molecule has 130 valence electrons. The van der Waals surface area contributed by atoms with Gasteiger partial charge in [-0.05, 0) is 98.1 Å². The number of aromatic nitrogens is 1. The molecule has 0 aliphatic heterocycles. The Hall–Kier alpha value is -1.97. The number of rotatable bonds is 4. The van der Waals surface area contributed by atoms with E-state index >= 15 is 0 Å². The summed E-state index contributed by atoms with van der Waals surface area (Å²) in [5, 5.41) is 7.78. The minimum atomic E-state index is 0.432. The molecular formula is C21H25N3O. The number of pyridine rings is 1. The normalized spacial score (nSPS) is 34.2. The van der Waals surface area contributed by atoms with Gasteiger partial charge in [0.15, 0.2) is 0 Å². The van der Waals surface area contributed by atoms with Crippen LogP contribution >= 0.6 is 0 Å². The van der Waals surface area contributed by atoms with Crippen LogP contribution < -0.4 is 5.32 Å². The first-order valence-electron chi connectivity index (χ1n) is 9.64. The van der Waals surface area contributed by atoms with Gasteiger partial charge in [0.1, 0.15) is 5.69 Å². The Morgan fingerprint density at radius 3 is 2.44 bits per heavy atom. The van der Waals surface area contributed by atoms with E-state index in [4.69, 9.17) is 0 Å². The Kier molecular flexibility index (Phi) is 3.37. The monoisotopic (exact) mass is 335 g/mol. The van der Waals surface area contributed by atoms with Crippen LogP contribution in [0.5, 0.6) is 0 Å². The number of nitrogens with zero attached hydrogens (tertiary/aromatic N) is 2. The molecule has 4 aliphatic rings. The molecule has 1 heterocycles. The topological polar surface area (TPSA) is 54.4 Å². The third kappa shape index (κ3) is 2.37. The Labute approximate surface area is 148 Å². The van der Waals surface area contributed by atoms with Gasteiger partial charge >= 0.3 is 0 Å². The molecule has 4 heteroatoms. The number of anilines is 1. The lowest BCUT2D eigenvalue weighted by molar-refractivity contribution is -0.0602. The van der Waals surface area contributed by atoms with Crippen LogP contribution in [0.25, 0.3) is 10.9 Å². The zero-order valence-corrected chi connectivity index (χ0v) is 14.7. The molecule has 4 nitrogen and oxygen atoms in total. The predicted octanol–water partition coefficient (Wildman–Crippen LogP) is 5.65. The minimum Gasteiger partial charge on any atom is -0.380 e. The van der Waals surface area contributed by atoms with Gasteiger partial charge in [-0.1, -0.05) is 0 Å². The first-order chi connectivity index (χ1) is 12.2. The van der Waals surface area contributed by atoms with E-state index in [9.17, 15) is 4.91 Å². The van der Waals surface area contributed by atoms with Gasteiger partial charge in [0, 0.05) is 17.6 Å². The zero-order valence-electron chi connectivity index (χ0n) is 14.7. The van der Waals surface area contributed by atoms with E-state index in [0.717, 1.165) is 34.3 Å². The van der Waals surface area contributed by atoms with Gasteiger partial charge in [-0.15, -0.1) is 4.91 Å². The van der Waals surface area contributed by atoms with Crippen molar-refractivity contribution in [1.82, 2.24) is 4.98 Å².